The van der Waals surface area contributed by atoms with Crippen molar-refractivity contribution in [2.75, 3.05) is 6.61 Å². The van der Waals surface area contributed by atoms with Crippen molar-refractivity contribution in [3.63, 3.8) is 0 Å². The highest BCUT2D eigenvalue weighted by Crippen LogP contribution is 2.21. The molecule has 0 saturated heterocycles. The molecule has 0 bridgehead atoms. The van der Waals surface area contributed by atoms with E-state index < -0.39 is 11.9 Å². The number of hydrogen-bond acceptors (Lipinski definition) is 3. The van der Waals surface area contributed by atoms with Gasteiger partial charge in [0.25, 0.3) is 0 Å². The lowest BCUT2D eigenvalue weighted by atomic mass is 10.1. The van der Waals surface area contributed by atoms with Crippen molar-refractivity contribution >= 4 is 0 Å². The third kappa shape index (κ3) is 2.99. The fourth-order valence-electron chi connectivity index (χ4n) is 1.56. The van der Waals surface area contributed by atoms with Gasteiger partial charge in [-0.2, -0.15) is 0 Å². The van der Waals surface area contributed by atoms with E-state index in [0.717, 1.165) is 0 Å². The quantitative estimate of drug-likeness (QED) is 0.874. The molecule has 0 spiro atoms. The molecule has 2 rings (SSSR count). The first-order valence-electron chi connectivity index (χ1n) is 5.51. The molecule has 2 aromatic rings. The molecule has 0 fully saturated rings. The average Bonchev–Trinajstić information content (AvgIpc) is 2.37. The monoisotopic (exact) mass is 248 g/mol. The van der Waals surface area contributed by atoms with Crippen molar-refractivity contribution in [1.82, 2.24) is 0 Å². The number of benzene rings is 2. The van der Waals surface area contributed by atoms with Crippen LogP contribution in [0.4, 0.5) is 4.39 Å². The maximum Gasteiger partial charge on any atom is 0.165 e. The summed E-state index contributed by atoms with van der Waals surface area (Å²) in [5, 5.41) is 19.1. The maximum atomic E-state index is 13.3. The molecule has 18 heavy (non-hydrogen) atoms. The Balaban J connectivity index is 2.00. The largest absolute Gasteiger partial charge is 0.508 e. The summed E-state index contributed by atoms with van der Waals surface area (Å²) in [6.07, 6.45) is -0.920. The Morgan fingerprint density at radius 3 is 2.61 bits per heavy atom. The van der Waals surface area contributed by atoms with Gasteiger partial charge in [-0.1, -0.05) is 24.3 Å². The molecule has 0 aliphatic heterocycles. The summed E-state index contributed by atoms with van der Waals surface area (Å²) in [6, 6.07) is 12.2. The molecule has 0 amide bonds. The Morgan fingerprint density at radius 1 is 1.11 bits per heavy atom. The van der Waals surface area contributed by atoms with Crippen molar-refractivity contribution in [3.8, 4) is 11.5 Å². The van der Waals surface area contributed by atoms with Crippen molar-refractivity contribution in [3.05, 3.63) is 59.9 Å². The van der Waals surface area contributed by atoms with Gasteiger partial charge in [0.05, 0.1) is 0 Å². The van der Waals surface area contributed by atoms with Gasteiger partial charge in [-0.15, -0.1) is 0 Å². The summed E-state index contributed by atoms with van der Waals surface area (Å²) in [6.45, 7) is -0.0790. The van der Waals surface area contributed by atoms with Gasteiger partial charge in [0.2, 0.25) is 0 Å². The first kappa shape index (κ1) is 12.4. The minimum absolute atomic E-state index is 0.0671. The molecular weight excluding hydrogens is 235 g/mol. The zero-order valence-electron chi connectivity index (χ0n) is 9.58. The molecule has 2 N–H and O–H groups in total. The van der Waals surface area contributed by atoms with E-state index in [1.165, 1.54) is 24.3 Å². The van der Waals surface area contributed by atoms with Crippen LogP contribution in [-0.2, 0) is 0 Å². The first-order chi connectivity index (χ1) is 8.66. The number of hydrogen-bond donors (Lipinski definition) is 2. The fourth-order valence-corrected chi connectivity index (χ4v) is 1.56. The van der Waals surface area contributed by atoms with Crippen molar-refractivity contribution in [1.29, 1.82) is 0 Å². The highest BCUT2D eigenvalue weighted by atomic mass is 19.1. The second-order valence-corrected chi connectivity index (χ2v) is 3.85. The predicted molar refractivity (Wildman–Crippen MR) is 65.0 cm³/mol. The molecule has 0 aromatic heterocycles. The van der Waals surface area contributed by atoms with Gasteiger partial charge in [0, 0.05) is 0 Å². The van der Waals surface area contributed by atoms with Gasteiger partial charge in [0.1, 0.15) is 18.5 Å². The predicted octanol–water partition coefficient (Wildman–Crippen LogP) is 2.64. The Kier molecular flexibility index (Phi) is 3.79. The molecule has 0 aliphatic rings. The third-order valence-electron chi connectivity index (χ3n) is 2.49. The lowest BCUT2D eigenvalue weighted by molar-refractivity contribution is 0.105. The summed E-state index contributed by atoms with van der Waals surface area (Å²) in [7, 11) is 0. The second-order valence-electron chi connectivity index (χ2n) is 3.85. The molecular formula is C14H13FO3. The van der Waals surface area contributed by atoms with Crippen LogP contribution in [0.5, 0.6) is 11.5 Å². The highest BCUT2D eigenvalue weighted by Gasteiger charge is 2.10. The van der Waals surface area contributed by atoms with Crippen LogP contribution in [0.2, 0.25) is 0 Å². The summed E-state index contributed by atoms with van der Waals surface area (Å²) in [5.41, 5.74) is 0.520. The van der Waals surface area contributed by atoms with Crippen LogP contribution >= 0.6 is 0 Å². The highest BCUT2D eigenvalue weighted by molar-refractivity contribution is 5.29. The maximum absolute atomic E-state index is 13.3. The Labute approximate surface area is 104 Å². The van der Waals surface area contributed by atoms with E-state index in [2.05, 4.69) is 0 Å². The molecule has 1 atom stereocenters. The Morgan fingerprint density at radius 2 is 1.89 bits per heavy atom. The van der Waals surface area contributed by atoms with E-state index in [9.17, 15) is 14.6 Å². The summed E-state index contributed by atoms with van der Waals surface area (Å²) in [5.74, 6) is -0.310. The van der Waals surface area contributed by atoms with Crippen LogP contribution in [0, 0.1) is 5.82 Å². The van der Waals surface area contributed by atoms with Crippen molar-refractivity contribution in [2.24, 2.45) is 0 Å². The van der Waals surface area contributed by atoms with Gasteiger partial charge in [-0.25, -0.2) is 4.39 Å². The van der Waals surface area contributed by atoms with E-state index in [1.54, 1.807) is 24.3 Å². The van der Waals surface area contributed by atoms with Gasteiger partial charge < -0.3 is 14.9 Å². The van der Waals surface area contributed by atoms with Crippen LogP contribution < -0.4 is 4.74 Å². The van der Waals surface area contributed by atoms with Gasteiger partial charge >= 0.3 is 0 Å². The van der Waals surface area contributed by atoms with Crippen LogP contribution in [0.3, 0.4) is 0 Å². The minimum atomic E-state index is -0.920. The smallest absolute Gasteiger partial charge is 0.165 e. The molecule has 2 aromatic carbocycles. The number of rotatable bonds is 4. The molecule has 0 radical (unpaired) electrons. The van der Waals surface area contributed by atoms with E-state index in [4.69, 9.17) is 4.74 Å². The topological polar surface area (TPSA) is 49.7 Å². The number of para-hydroxylation sites is 1. The minimum Gasteiger partial charge on any atom is -0.508 e. The molecule has 94 valence electrons. The van der Waals surface area contributed by atoms with Crippen LogP contribution in [0.15, 0.2) is 48.5 Å². The van der Waals surface area contributed by atoms with E-state index in [1.807, 2.05) is 0 Å². The van der Waals surface area contributed by atoms with E-state index >= 15 is 0 Å². The lowest BCUT2D eigenvalue weighted by Gasteiger charge is -2.13. The molecule has 3 nitrogen and oxygen atoms in total. The number of halogens is 1. The zero-order chi connectivity index (χ0) is 13.0. The first-order valence-corrected chi connectivity index (χ1v) is 5.51. The molecule has 0 saturated carbocycles. The number of phenolic OH excluding ortho intramolecular Hbond substituents is 1. The van der Waals surface area contributed by atoms with Gasteiger partial charge in [0.15, 0.2) is 11.6 Å². The van der Waals surface area contributed by atoms with Gasteiger partial charge in [-0.3, -0.25) is 0 Å². The summed E-state index contributed by atoms with van der Waals surface area (Å²) < 4.78 is 18.4. The van der Waals surface area contributed by atoms with Crippen molar-refractivity contribution in [2.45, 2.75) is 6.10 Å². The standard InChI is InChI=1S/C14H13FO3/c15-12-6-1-2-7-14(12)18-9-13(17)10-4-3-5-11(16)8-10/h1-8,13,16-17H,9H2. The Bertz CT molecular complexity index is 528. The zero-order valence-corrected chi connectivity index (χ0v) is 9.58. The molecule has 1 unspecified atom stereocenters. The summed E-state index contributed by atoms with van der Waals surface area (Å²) >= 11 is 0. The fraction of sp³-hybridized carbons (Fsp3) is 0.143. The molecule has 0 aliphatic carbocycles. The summed E-state index contributed by atoms with van der Waals surface area (Å²) in [4.78, 5) is 0. The number of aliphatic hydroxyl groups is 1. The van der Waals surface area contributed by atoms with Crippen LogP contribution in [-0.4, -0.2) is 16.8 Å². The number of phenols is 1. The molecule has 4 heteroatoms. The SMILES string of the molecule is Oc1cccc(C(O)COc2ccccc2F)c1. The third-order valence-corrected chi connectivity index (χ3v) is 2.49. The van der Waals surface area contributed by atoms with Crippen LogP contribution in [0.1, 0.15) is 11.7 Å². The number of aromatic hydroxyl groups is 1. The van der Waals surface area contributed by atoms with E-state index in [-0.39, 0.29) is 18.1 Å². The normalized spacial score (nSPS) is 12.1. The van der Waals surface area contributed by atoms with E-state index in [0.29, 0.717) is 5.56 Å². The van der Waals surface area contributed by atoms with Crippen molar-refractivity contribution < 1.29 is 19.3 Å². The number of aliphatic hydroxyl groups excluding tert-OH is 1. The molecule has 0 heterocycles. The van der Waals surface area contributed by atoms with Crippen LogP contribution in [0.25, 0.3) is 0 Å². The Hall–Kier alpha value is -2.07. The van der Waals surface area contributed by atoms with Gasteiger partial charge in [-0.05, 0) is 29.8 Å². The average molecular weight is 248 g/mol. The lowest BCUT2D eigenvalue weighted by Crippen LogP contribution is -2.10. The second kappa shape index (κ2) is 5.51. The number of ether oxygens (including phenoxy) is 1.